The summed E-state index contributed by atoms with van der Waals surface area (Å²) in [6, 6.07) is 7.31. The van der Waals surface area contributed by atoms with E-state index >= 15 is 0 Å². The average molecular weight is 311 g/mol. The smallest absolute Gasteiger partial charge is 0.261 e. The van der Waals surface area contributed by atoms with Gasteiger partial charge in [-0.05, 0) is 24.3 Å². The largest absolute Gasteiger partial charge is 0.346 e. The van der Waals surface area contributed by atoms with Gasteiger partial charge in [0.2, 0.25) is 0 Å². The average Bonchev–Trinajstić information content (AvgIpc) is 3.02. The van der Waals surface area contributed by atoms with Crippen molar-refractivity contribution in [3.8, 4) is 11.8 Å². The zero-order chi connectivity index (χ0) is 13.7. The fourth-order valence-corrected chi connectivity index (χ4v) is 3.15. The van der Waals surface area contributed by atoms with Crippen molar-refractivity contribution in [2.45, 2.75) is 6.54 Å². The highest BCUT2D eigenvalue weighted by molar-refractivity contribution is 7.18. The molecular weight excluding hydrogens is 300 g/mol. The van der Waals surface area contributed by atoms with Gasteiger partial charge in [0.15, 0.2) is 0 Å². The monoisotopic (exact) mass is 310 g/mol. The molecule has 0 spiro atoms. The van der Waals surface area contributed by atoms with Crippen LogP contribution in [0.5, 0.6) is 0 Å². The fourth-order valence-electron chi connectivity index (χ4n) is 1.37. The SMILES string of the molecule is NCC#Cc1ccc(CNC(=O)c2ccc(Cl)s2)s1. The maximum Gasteiger partial charge on any atom is 0.261 e. The Morgan fingerprint density at radius 3 is 2.84 bits per heavy atom. The summed E-state index contributed by atoms with van der Waals surface area (Å²) in [5, 5.41) is 2.85. The van der Waals surface area contributed by atoms with E-state index in [-0.39, 0.29) is 5.91 Å². The van der Waals surface area contributed by atoms with Gasteiger partial charge in [-0.2, -0.15) is 0 Å². The predicted octanol–water partition coefficient (Wildman–Crippen LogP) is 2.70. The van der Waals surface area contributed by atoms with Crippen molar-refractivity contribution in [1.29, 1.82) is 0 Å². The summed E-state index contributed by atoms with van der Waals surface area (Å²) < 4.78 is 0.612. The summed E-state index contributed by atoms with van der Waals surface area (Å²) in [5.41, 5.74) is 5.31. The van der Waals surface area contributed by atoms with Crippen molar-refractivity contribution in [2.75, 3.05) is 6.54 Å². The van der Waals surface area contributed by atoms with Gasteiger partial charge in [-0.15, -0.1) is 22.7 Å². The van der Waals surface area contributed by atoms with Gasteiger partial charge < -0.3 is 11.1 Å². The fraction of sp³-hybridized carbons (Fsp3) is 0.154. The Hall–Kier alpha value is -1.32. The van der Waals surface area contributed by atoms with E-state index in [4.69, 9.17) is 17.3 Å². The van der Waals surface area contributed by atoms with Crippen LogP contribution >= 0.6 is 34.3 Å². The zero-order valence-corrected chi connectivity index (χ0v) is 12.3. The lowest BCUT2D eigenvalue weighted by Crippen LogP contribution is -2.21. The quantitative estimate of drug-likeness (QED) is 0.856. The van der Waals surface area contributed by atoms with Crippen LogP contribution in [0.4, 0.5) is 0 Å². The van der Waals surface area contributed by atoms with Crippen molar-refractivity contribution in [1.82, 2.24) is 5.32 Å². The van der Waals surface area contributed by atoms with Gasteiger partial charge in [-0.1, -0.05) is 23.4 Å². The van der Waals surface area contributed by atoms with Crippen molar-refractivity contribution in [3.05, 3.63) is 43.2 Å². The molecule has 0 saturated carbocycles. The van der Waals surface area contributed by atoms with Gasteiger partial charge in [0.1, 0.15) is 0 Å². The molecule has 0 saturated heterocycles. The molecule has 0 aromatic carbocycles. The molecule has 0 atom stereocenters. The number of hydrogen-bond donors (Lipinski definition) is 2. The highest BCUT2D eigenvalue weighted by Crippen LogP contribution is 2.21. The van der Waals surface area contributed by atoms with Crippen LogP contribution in [0.2, 0.25) is 4.34 Å². The Labute approximate surface area is 124 Å². The summed E-state index contributed by atoms with van der Waals surface area (Å²) in [6.45, 7) is 0.840. The summed E-state index contributed by atoms with van der Waals surface area (Å²) in [4.78, 5) is 14.4. The number of hydrogen-bond acceptors (Lipinski definition) is 4. The molecule has 2 rings (SSSR count). The van der Waals surface area contributed by atoms with Gasteiger partial charge >= 0.3 is 0 Å². The van der Waals surface area contributed by atoms with Crippen molar-refractivity contribution >= 4 is 40.2 Å². The lowest BCUT2D eigenvalue weighted by Gasteiger charge is -2.00. The second-order valence-electron chi connectivity index (χ2n) is 3.56. The molecule has 2 heterocycles. The van der Waals surface area contributed by atoms with Crippen LogP contribution in [0.1, 0.15) is 19.4 Å². The first-order valence-electron chi connectivity index (χ1n) is 5.50. The first-order valence-corrected chi connectivity index (χ1v) is 7.51. The van der Waals surface area contributed by atoms with Gasteiger partial charge in [0.25, 0.3) is 5.91 Å². The molecule has 19 heavy (non-hydrogen) atoms. The molecule has 1 amide bonds. The maximum absolute atomic E-state index is 11.8. The third-order valence-corrected chi connectivity index (χ3v) is 4.43. The van der Waals surface area contributed by atoms with Crippen LogP contribution in [0.15, 0.2) is 24.3 Å². The van der Waals surface area contributed by atoms with Crippen molar-refractivity contribution < 1.29 is 4.79 Å². The van der Waals surface area contributed by atoms with Crippen LogP contribution in [-0.4, -0.2) is 12.5 Å². The number of thiophene rings is 2. The van der Waals surface area contributed by atoms with E-state index in [0.717, 1.165) is 9.75 Å². The third kappa shape index (κ3) is 4.08. The molecule has 0 aliphatic rings. The predicted molar refractivity (Wildman–Crippen MR) is 80.8 cm³/mol. The Bertz CT molecular complexity index is 636. The standard InChI is InChI=1S/C13H11ClN2OS2/c14-12-6-5-11(19-12)13(17)16-8-10-4-3-9(18-10)2-1-7-15/h3-6H,7-8,15H2,(H,16,17). The molecule has 0 radical (unpaired) electrons. The maximum atomic E-state index is 11.8. The minimum absolute atomic E-state index is 0.111. The topological polar surface area (TPSA) is 55.1 Å². The molecule has 3 nitrogen and oxygen atoms in total. The van der Waals surface area contributed by atoms with E-state index in [1.54, 1.807) is 23.5 Å². The number of carbonyl (C=O) groups is 1. The molecule has 0 bridgehead atoms. The molecule has 6 heteroatoms. The third-order valence-electron chi connectivity index (χ3n) is 2.20. The van der Waals surface area contributed by atoms with Crippen LogP contribution in [0.3, 0.4) is 0 Å². The second kappa shape index (κ2) is 6.73. The molecule has 0 aliphatic heterocycles. The van der Waals surface area contributed by atoms with Crippen LogP contribution in [0, 0.1) is 11.8 Å². The minimum atomic E-state index is -0.111. The van der Waals surface area contributed by atoms with Crippen molar-refractivity contribution in [2.24, 2.45) is 5.73 Å². The summed E-state index contributed by atoms with van der Waals surface area (Å²) in [7, 11) is 0. The van der Waals surface area contributed by atoms with E-state index in [2.05, 4.69) is 17.2 Å². The summed E-state index contributed by atoms with van der Waals surface area (Å²) >= 11 is 8.61. The van der Waals surface area contributed by atoms with E-state index < -0.39 is 0 Å². The molecule has 3 N–H and O–H groups in total. The van der Waals surface area contributed by atoms with E-state index in [1.807, 2.05) is 12.1 Å². The Morgan fingerprint density at radius 2 is 2.16 bits per heavy atom. The molecule has 0 fully saturated rings. The molecule has 2 aromatic heterocycles. The number of nitrogens with one attached hydrogen (secondary N) is 1. The van der Waals surface area contributed by atoms with E-state index in [9.17, 15) is 4.79 Å². The van der Waals surface area contributed by atoms with Crippen LogP contribution in [0.25, 0.3) is 0 Å². The molecule has 0 unspecified atom stereocenters. The summed E-state index contributed by atoms with van der Waals surface area (Å²) in [5.74, 6) is 5.65. The normalized spacial score (nSPS) is 9.79. The first-order chi connectivity index (χ1) is 9.19. The number of amides is 1. The first kappa shape index (κ1) is 14.1. The number of halogens is 1. The van der Waals surface area contributed by atoms with Gasteiger partial charge in [0, 0.05) is 4.88 Å². The lowest BCUT2D eigenvalue weighted by atomic mass is 10.4. The zero-order valence-electron chi connectivity index (χ0n) is 9.90. The number of rotatable bonds is 3. The van der Waals surface area contributed by atoms with E-state index in [1.165, 1.54) is 11.3 Å². The van der Waals surface area contributed by atoms with Gasteiger partial charge in [-0.25, -0.2) is 0 Å². The van der Waals surface area contributed by atoms with E-state index in [0.29, 0.717) is 22.3 Å². The van der Waals surface area contributed by atoms with Gasteiger partial charge in [-0.3, -0.25) is 4.79 Å². The molecule has 2 aromatic rings. The molecule has 0 aliphatic carbocycles. The number of carbonyl (C=O) groups excluding carboxylic acids is 1. The molecular formula is C13H11ClN2OS2. The Kier molecular flexibility index (Phi) is 5.00. The number of nitrogens with two attached hydrogens (primary N) is 1. The molecule has 98 valence electrons. The van der Waals surface area contributed by atoms with Crippen LogP contribution in [-0.2, 0) is 6.54 Å². The Balaban J connectivity index is 1.92. The van der Waals surface area contributed by atoms with Gasteiger partial charge in [0.05, 0.1) is 27.2 Å². The highest BCUT2D eigenvalue weighted by Gasteiger charge is 2.08. The minimum Gasteiger partial charge on any atom is -0.346 e. The Morgan fingerprint density at radius 1 is 1.32 bits per heavy atom. The lowest BCUT2D eigenvalue weighted by molar-refractivity contribution is 0.0955. The highest BCUT2D eigenvalue weighted by atomic mass is 35.5. The van der Waals surface area contributed by atoms with Crippen molar-refractivity contribution in [3.63, 3.8) is 0 Å². The summed E-state index contributed by atoms with van der Waals surface area (Å²) in [6.07, 6.45) is 0. The second-order valence-corrected chi connectivity index (χ2v) is 6.44. The van der Waals surface area contributed by atoms with Crippen LogP contribution < -0.4 is 11.1 Å².